The Balaban J connectivity index is 0.00000148. The van der Waals surface area contributed by atoms with Crippen molar-refractivity contribution in [3.05, 3.63) is 24.3 Å². The maximum Gasteiger partial charge on any atom is 0.407 e. The maximum atomic E-state index is 13.5. The normalized spacial score (nSPS) is 19.0. The van der Waals surface area contributed by atoms with Gasteiger partial charge in [0, 0.05) is 36.3 Å². The van der Waals surface area contributed by atoms with Gasteiger partial charge in [-0.15, -0.1) is 0 Å². The molecule has 6 amide bonds. The molecule has 0 heterocycles. The smallest absolute Gasteiger partial charge is 0.407 e. The predicted molar refractivity (Wildman–Crippen MR) is 317 cm³/mol. The number of carbonyl (C=O) groups excluding carboxylic acids is 8. The van der Waals surface area contributed by atoms with E-state index >= 15 is 0 Å². The molecule has 87 heavy (non-hydrogen) atoms. The Labute approximate surface area is 512 Å². The fraction of sp³-hybridized carbons (Fsp3) is 0.800. The van der Waals surface area contributed by atoms with E-state index in [2.05, 4.69) is 82.2 Å². The van der Waals surface area contributed by atoms with E-state index in [4.69, 9.17) is 33.2 Å². The van der Waals surface area contributed by atoms with Crippen LogP contribution in [0, 0.1) is 21.7 Å². The number of carbonyl (C=O) groups is 8. The third-order valence-electron chi connectivity index (χ3n) is 13.3. The predicted octanol–water partition coefficient (Wildman–Crippen LogP) is 11.2. The van der Waals surface area contributed by atoms with Crippen LogP contribution in [-0.4, -0.2) is 166 Å². The molecule has 2 fully saturated rings. The summed E-state index contributed by atoms with van der Waals surface area (Å²) in [5.74, 6) is -0.977. The number of alkyl halides is 4. The quantitative estimate of drug-likeness (QED) is 0.0112. The lowest BCUT2D eigenvalue weighted by molar-refractivity contribution is -0.257. The average molecular weight is 1260 g/mol. The standard InChI is InChI=1S/C30H50F3N3O9.C20H37FN2O4.C10H17NO4/c1-22(2)24(37)41-16-12-34-25(38)42-13-9-7-6-8-10-14-43-26(39)35-20-29(5)18-23(17-28(3,4)19-29)36-27(40)44-21-30(32,33)45-15-11-31;1-5-6-7-8-10-26-17(24)22-15-20(4)13-16(12-19(2,3)14-20)23-18(25)27-11-9-21;1-4-6-15-10(13)11-5-7-14-9(12)8(2)3/h23H,1,6-21H2,2-5H3,(H,34,38)(H,35,39)(H,36,40);16H,5-15H2,1-4H3,(H,22,24)(H,23,25);2,4-7H2,1,3H3,(H,11,13). The summed E-state index contributed by atoms with van der Waals surface area (Å²) in [6, 6.07) is -0.444. The molecule has 0 spiro atoms. The van der Waals surface area contributed by atoms with Gasteiger partial charge in [0.05, 0.1) is 46.1 Å². The van der Waals surface area contributed by atoms with Crippen LogP contribution in [0.3, 0.4) is 0 Å². The molecule has 0 aliphatic heterocycles. The fourth-order valence-electron chi connectivity index (χ4n) is 10.2. The summed E-state index contributed by atoms with van der Waals surface area (Å²) >= 11 is 0. The van der Waals surface area contributed by atoms with Crippen LogP contribution in [0.4, 0.5) is 46.3 Å². The number of unbranched alkanes of at least 4 members (excludes halogenated alkanes) is 7. The lowest BCUT2D eigenvalue weighted by atomic mass is 9.62. The first-order valence-corrected chi connectivity index (χ1v) is 30.1. The molecule has 0 aromatic carbocycles. The second-order valence-corrected chi connectivity index (χ2v) is 24.1. The van der Waals surface area contributed by atoms with Crippen LogP contribution in [0.5, 0.6) is 0 Å². The molecule has 2 rings (SSSR count). The molecule has 23 nitrogen and oxygen atoms in total. The SMILES string of the molecule is C=C(C)C(=O)OCCNC(=O)OCCC.C=C(C)C(=O)OCCNC(=O)OCCCCCCCOC(=O)NCC1(C)CC(NC(=O)OCC(F)(F)OCCF)CC(C)(C)C1.CCCCCCOC(=O)NCC1(C)CC(NC(=O)OCCF)CC(C)(C)C1. The number of amides is 6. The number of hydrogen-bond acceptors (Lipinski definition) is 17. The van der Waals surface area contributed by atoms with Crippen molar-refractivity contribution in [2.24, 2.45) is 21.7 Å². The van der Waals surface area contributed by atoms with Crippen molar-refractivity contribution >= 4 is 48.5 Å². The maximum absolute atomic E-state index is 13.5. The number of rotatable bonds is 36. The van der Waals surface area contributed by atoms with Crippen molar-refractivity contribution in [2.75, 3.05) is 99.0 Å². The Morgan fingerprint density at radius 2 is 0.816 bits per heavy atom. The van der Waals surface area contributed by atoms with Gasteiger partial charge >= 0.3 is 54.6 Å². The number of hydrogen-bond donors (Lipinski definition) is 6. The van der Waals surface area contributed by atoms with Gasteiger partial charge in [-0.05, 0) is 99.7 Å². The fourth-order valence-corrected chi connectivity index (χ4v) is 10.2. The van der Waals surface area contributed by atoms with Crippen molar-refractivity contribution in [3.63, 3.8) is 0 Å². The molecular formula is C60H104F4N6O17. The molecule has 2 aliphatic rings. The van der Waals surface area contributed by atoms with Gasteiger partial charge in [-0.3, -0.25) is 0 Å². The van der Waals surface area contributed by atoms with Gasteiger partial charge in [0.25, 0.3) is 0 Å². The zero-order chi connectivity index (χ0) is 66.0. The Kier molecular flexibility index (Phi) is 41.0. The van der Waals surface area contributed by atoms with Gasteiger partial charge in [-0.2, -0.15) is 8.78 Å². The Bertz CT molecular complexity index is 2090. The zero-order valence-corrected chi connectivity index (χ0v) is 53.4. The molecular weight excluding hydrogens is 1150 g/mol. The number of esters is 2. The van der Waals surface area contributed by atoms with Gasteiger partial charge < -0.3 is 74.5 Å². The Morgan fingerprint density at radius 1 is 0.448 bits per heavy atom. The minimum Gasteiger partial charge on any atom is -0.460 e. The van der Waals surface area contributed by atoms with E-state index in [-0.39, 0.29) is 86.1 Å². The average Bonchev–Trinajstić information content (AvgIpc) is 3.09. The van der Waals surface area contributed by atoms with Crippen molar-refractivity contribution in [2.45, 2.75) is 190 Å². The molecule has 0 aromatic rings. The van der Waals surface area contributed by atoms with Gasteiger partial charge in [0.2, 0.25) is 0 Å². The van der Waals surface area contributed by atoms with Crippen LogP contribution in [0.25, 0.3) is 0 Å². The summed E-state index contributed by atoms with van der Waals surface area (Å²) in [6.45, 7) is 25.0. The van der Waals surface area contributed by atoms with Gasteiger partial charge in [0.15, 0.2) is 6.61 Å². The number of ether oxygens (including phenoxy) is 9. The minimum absolute atomic E-state index is 0.0107. The summed E-state index contributed by atoms with van der Waals surface area (Å²) in [7, 11) is 0. The van der Waals surface area contributed by atoms with Gasteiger partial charge in [-0.1, -0.05) is 107 Å². The van der Waals surface area contributed by atoms with Crippen LogP contribution >= 0.6 is 0 Å². The summed E-state index contributed by atoms with van der Waals surface area (Å²) in [5.41, 5.74) is -0.142. The first-order chi connectivity index (χ1) is 40.8. The second-order valence-electron chi connectivity index (χ2n) is 24.1. The third kappa shape index (κ3) is 43.1. The van der Waals surface area contributed by atoms with Crippen LogP contribution in [0.15, 0.2) is 24.3 Å². The van der Waals surface area contributed by atoms with Gasteiger partial charge in [-0.25, -0.2) is 47.1 Å². The molecule has 4 atom stereocenters. The number of alkyl carbamates (subject to hydrolysis) is 6. The highest BCUT2D eigenvalue weighted by molar-refractivity contribution is 5.87. The number of nitrogens with one attached hydrogen (secondary N) is 6. The van der Waals surface area contributed by atoms with Crippen molar-refractivity contribution in [1.29, 1.82) is 0 Å². The van der Waals surface area contributed by atoms with E-state index in [1.54, 1.807) is 6.92 Å². The molecule has 504 valence electrons. The molecule has 2 saturated carbocycles. The summed E-state index contributed by atoms with van der Waals surface area (Å²) in [4.78, 5) is 92.8. The Morgan fingerprint density at radius 3 is 1.21 bits per heavy atom. The van der Waals surface area contributed by atoms with Crippen molar-refractivity contribution < 1.29 is 98.5 Å². The molecule has 27 heteroatoms. The highest BCUT2D eigenvalue weighted by Crippen LogP contribution is 2.47. The minimum atomic E-state index is -3.78. The van der Waals surface area contributed by atoms with Crippen LogP contribution < -0.4 is 31.9 Å². The number of halogens is 4. The first kappa shape index (κ1) is 80.7. The highest BCUT2D eigenvalue weighted by Gasteiger charge is 2.44. The highest BCUT2D eigenvalue weighted by atomic mass is 19.3. The van der Waals surface area contributed by atoms with E-state index in [0.717, 1.165) is 77.0 Å². The largest absolute Gasteiger partial charge is 0.460 e. The summed E-state index contributed by atoms with van der Waals surface area (Å²) < 4.78 is 94.5. The second kappa shape index (κ2) is 44.2. The van der Waals surface area contributed by atoms with E-state index < -0.39 is 80.5 Å². The molecule has 2 aliphatic carbocycles. The van der Waals surface area contributed by atoms with Crippen LogP contribution in [0.1, 0.15) is 172 Å². The molecule has 0 bridgehead atoms. The van der Waals surface area contributed by atoms with Gasteiger partial charge in [0.1, 0.15) is 33.2 Å². The molecule has 0 radical (unpaired) electrons. The van der Waals surface area contributed by atoms with E-state index in [1.807, 2.05) is 27.7 Å². The zero-order valence-electron chi connectivity index (χ0n) is 53.4. The van der Waals surface area contributed by atoms with E-state index in [0.29, 0.717) is 57.6 Å². The van der Waals surface area contributed by atoms with Crippen LogP contribution in [-0.2, 0) is 52.2 Å². The molecule has 4 unspecified atom stereocenters. The Hall–Kier alpha value is -6.28. The topological polar surface area (TPSA) is 292 Å². The molecule has 6 N–H and O–H groups in total. The lowest BCUT2D eigenvalue weighted by Crippen LogP contribution is -2.50. The molecule has 0 saturated heterocycles. The van der Waals surface area contributed by atoms with E-state index in [1.165, 1.54) is 6.92 Å². The van der Waals surface area contributed by atoms with E-state index in [9.17, 15) is 55.9 Å². The van der Waals surface area contributed by atoms with Crippen molar-refractivity contribution in [1.82, 2.24) is 31.9 Å². The molecule has 0 aromatic heterocycles. The first-order valence-electron chi connectivity index (χ1n) is 30.1. The lowest BCUT2D eigenvalue weighted by Gasteiger charge is -2.46. The van der Waals surface area contributed by atoms with Crippen molar-refractivity contribution in [3.8, 4) is 0 Å². The summed E-state index contributed by atoms with van der Waals surface area (Å²) in [5, 5.41) is 16.1. The summed E-state index contributed by atoms with van der Waals surface area (Å²) in [6.07, 6.45) is 5.81. The third-order valence-corrected chi connectivity index (χ3v) is 13.3. The monoisotopic (exact) mass is 1260 g/mol. The van der Waals surface area contributed by atoms with Crippen LogP contribution in [0.2, 0.25) is 0 Å².